The summed E-state index contributed by atoms with van der Waals surface area (Å²) in [5, 5.41) is 1.22. The molecule has 2 aromatic rings. The molecule has 0 aliphatic rings. The van der Waals surface area contributed by atoms with Crippen molar-refractivity contribution in [2.24, 2.45) is 0 Å². The van der Waals surface area contributed by atoms with Crippen LogP contribution in [0.4, 0.5) is 5.69 Å². The molecule has 0 fully saturated rings. The highest BCUT2D eigenvalue weighted by molar-refractivity contribution is 6.31. The van der Waals surface area contributed by atoms with E-state index in [1.165, 1.54) is 6.07 Å². The number of benzene rings is 1. The number of hydrogen-bond donors (Lipinski definition) is 1. The van der Waals surface area contributed by atoms with Gasteiger partial charge in [0.2, 0.25) is 0 Å². The van der Waals surface area contributed by atoms with Gasteiger partial charge < -0.3 is 10.2 Å². The van der Waals surface area contributed by atoms with Gasteiger partial charge in [-0.1, -0.05) is 11.6 Å². The van der Waals surface area contributed by atoms with Crippen molar-refractivity contribution in [2.75, 3.05) is 5.73 Å². The highest BCUT2D eigenvalue weighted by Gasteiger charge is 2.02. The topological polar surface area (TPSA) is 56.2 Å². The second kappa shape index (κ2) is 2.78. The first-order chi connectivity index (χ1) is 6.16. The Morgan fingerprint density at radius 2 is 2.08 bits per heavy atom. The Labute approximate surface area is 78.7 Å². The standard InChI is InChI=1S/C9H6ClNO2/c10-5-1-2-8-6(3-5)7(11)4-9(12)13-8/h1-4H,11H2. The Bertz CT molecular complexity index is 518. The van der Waals surface area contributed by atoms with E-state index in [0.29, 0.717) is 21.7 Å². The van der Waals surface area contributed by atoms with Gasteiger partial charge in [-0.2, -0.15) is 0 Å². The summed E-state index contributed by atoms with van der Waals surface area (Å²) in [5.41, 5.74) is 5.99. The Morgan fingerprint density at radius 3 is 2.85 bits per heavy atom. The number of nitrogens with two attached hydrogens (primary N) is 1. The minimum Gasteiger partial charge on any atom is -0.423 e. The van der Waals surface area contributed by atoms with Crippen LogP contribution in [0.3, 0.4) is 0 Å². The van der Waals surface area contributed by atoms with Gasteiger partial charge in [-0.25, -0.2) is 4.79 Å². The molecule has 0 radical (unpaired) electrons. The van der Waals surface area contributed by atoms with Crippen LogP contribution in [0.25, 0.3) is 11.0 Å². The molecule has 2 N–H and O–H groups in total. The van der Waals surface area contributed by atoms with E-state index in [1.807, 2.05) is 0 Å². The highest BCUT2D eigenvalue weighted by Crippen LogP contribution is 2.22. The first-order valence-corrected chi connectivity index (χ1v) is 4.03. The van der Waals surface area contributed by atoms with Gasteiger partial charge in [0.1, 0.15) is 5.58 Å². The van der Waals surface area contributed by atoms with Gasteiger partial charge >= 0.3 is 5.63 Å². The van der Waals surface area contributed by atoms with Crippen LogP contribution in [-0.4, -0.2) is 0 Å². The second-order valence-electron chi connectivity index (χ2n) is 2.66. The van der Waals surface area contributed by atoms with Crippen LogP contribution < -0.4 is 11.4 Å². The van der Waals surface area contributed by atoms with Crippen molar-refractivity contribution in [2.45, 2.75) is 0 Å². The number of rotatable bonds is 0. The second-order valence-corrected chi connectivity index (χ2v) is 3.10. The van der Waals surface area contributed by atoms with Gasteiger partial charge in [0.25, 0.3) is 0 Å². The zero-order valence-electron chi connectivity index (χ0n) is 6.58. The predicted octanol–water partition coefficient (Wildman–Crippen LogP) is 2.03. The van der Waals surface area contributed by atoms with Crippen molar-refractivity contribution in [3.05, 3.63) is 39.7 Å². The molecule has 66 valence electrons. The molecule has 0 bridgehead atoms. The minimum absolute atomic E-state index is 0.383. The van der Waals surface area contributed by atoms with Crippen molar-refractivity contribution in [3.8, 4) is 0 Å². The molecule has 0 saturated heterocycles. The molecule has 0 atom stereocenters. The third-order valence-corrected chi connectivity index (χ3v) is 1.97. The molecule has 0 spiro atoms. The van der Waals surface area contributed by atoms with Crippen LogP contribution in [0.15, 0.2) is 33.5 Å². The number of halogens is 1. The van der Waals surface area contributed by atoms with Gasteiger partial charge in [0, 0.05) is 22.2 Å². The quantitative estimate of drug-likeness (QED) is 0.655. The van der Waals surface area contributed by atoms with E-state index in [4.69, 9.17) is 21.8 Å². The molecule has 1 heterocycles. The van der Waals surface area contributed by atoms with Crippen LogP contribution in [0, 0.1) is 0 Å². The number of anilines is 1. The maximum absolute atomic E-state index is 10.9. The summed E-state index contributed by atoms with van der Waals surface area (Å²) in [4.78, 5) is 10.9. The molecular formula is C9H6ClNO2. The van der Waals surface area contributed by atoms with Crippen LogP contribution in [-0.2, 0) is 0 Å². The SMILES string of the molecule is Nc1cc(=O)oc2ccc(Cl)cc12. The maximum atomic E-state index is 10.9. The number of nitrogen functional groups attached to an aromatic ring is 1. The van der Waals surface area contributed by atoms with Gasteiger partial charge in [0.05, 0.1) is 0 Å². The van der Waals surface area contributed by atoms with Crippen molar-refractivity contribution in [1.29, 1.82) is 0 Å². The van der Waals surface area contributed by atoms with E-state index in [0.717, 1.165) is 0 Å². The lowest BCUT2D eigenvalue weighted by molar-refractivity contribution is 0.562. The summed E-state index contributed by atoms with van der Waals surface area (Å²) in [5.74, 6) is 0. The maximum Gasteiger partial charge on any atom is 0.338 e. The fourth-order valence-electron chi connectivity index (χ4n) is 1.16. The smallest absolute Gasteiger partial charge is 0.338 e. The predicted molar refractivity (Wildman–Crippen MR) is 51.9 cm³/mol. The molecule has 2 rings (SSSR count). The van der Waals surface area contributed by atoms with Crippen LogP contribution in [0.5, 0.6) is 0 Å². The Morgan fingerprint density at radius 1 is 1.31 bits per heavy atom. The normalized spacial score (nSPS) is 10.5. The van der Waals surface area contributed by atoms with E-state index >= 15 is 0 Å². The van der Waals surface area contributed by atoms with E-state index in [9.17, 15) is 4.79 Å². The average molecular weight is 196 g/mol. The molecule has 0 saturated carbocycles. The molecule has 1 aromatic carbocycles. The first kappa shape index (κ1) is 8.13. The number of fused-ring (bicyclic) bond motifs is 1. The molecule has 1 aromatic heterocycles. The molecule has 13 heavy (non-hydrogen) atoms. The highest BCUT2D eigenvalue weighted by atomic mass is 35.5. The summed E-state index contributed by atoms with van der Waals surface area (Å²) < 4.78 is 4.90. The van der Waals surface area contributed by atoms with Crippen molar-refractivity contribution in [3.63, 3.8) is 0 Å². The van der Waals surface area contributed by atoms with Gasteiger partial charge in [-0.3, -0.25) is 0 Å². The summed E-state index contributed by atoms with van der Waals surface area (Å²) in [6.07, 6.45) is 0. The molecule has 0 unspecified atom stereocenters. The molecule has 4 heteroatoms. The van der Waals surface area contributed by atoms with Gasteiger partial charge in [-0.15, -0.1) is 0 Å². The van der Waals surface area contributed by atoms with Crippen molar-refractivity contribution in [1.82, 2.24) is 0 Å². The Balaban J connectivity index is 2.95. The molecule has 3 nitrogen and oxygen atoms in total. The first-order valence-electron chi connectivity index (χ1n) is 3.66. The number of hydrogen-bond acceptors (Lipinski definition) is 3. The molecule has 0 aliphatic carbocycles. The van der Waals surface area contributed by atoms with E-state index < -0.39 is 5.63 Å². The summed E-state index contributed by atoms with van der Waals surface area (Å²) >= 11 is 5.76. The Hall–Kier alpha value is -1.48. The van der Waals surface area contributed by atoms with Gasteiger partial charge in [-0.05, 0) is 18.2 Å². The summed E-state index contributed by atoms with van der Waals surface area (Å²) in [6, 6.07) is 6.16. The third kappa shape index (κ3) is 1.38. The lowest BCUT2D eigenvalue weighted by Crippen LogP contribution is -1.99. The zero-order valence-corrected chi connectivity index (χ0v) is 7.34. The van der Waals surface area contributed by atoms with E-state index in [2.05, 4.69) is 0 Å². The zero-order chi connectivity index (χ0) is 9.42. The lowest BCUT2D eigenvalue weighted by atomic mass is 10.2. The van der Waals surface area contributed by atoms with Crippen LogP contribution in [0.1, 0.15) is 0 Å². The molecule has 0 amide bonds. The van der Waals surface area contributed by atoms with Crippen molar-refractivity contribution < 1.29 is 4.42 Å². The Kier molecular flexibility index (Phi) is 1.74. The summed E-state index contributed by atoms with van der Waals surface area (Å²) in [6.45, 7) is 0. The third-order valence-electron chi connectivity index (χ3n) is 1.74. The monoisotopic (exact) mass is 195 g/mol. The fourth-order valence-corrected chi connectivity index (χ4v) is 1.33. The average Bonchev–Trinajstić information content (AvgIpc) is 2.06. The van der Waals surface area contributed by atoms with E-state index in [-0.39, 0.29) is 0 Å². The fraction of sp³-hybridized carbons (Fsp3) is 0. The lowest BCUT2D eigenvalue weighted by Gasteiger charge is -1.99. The summed E-state index contributed by atoms with van der Waals surface area (Å²) in [7, 11) is 0. The minimum atomic E-state index is -0.452. The largest absolute Gasteiger partial charge is 0.423 e. The van der Waals surface area contributed by atoms with Crippen LogP contribution in [0.2, 0.25) is 5.02 Å². The van der Waals surface area contributed by atoms with Crippen LogP contribution >= 0.6 is 11.6 Å². The van der Waals surface area contributed by atoms with Crippen molar-refractivity contribution >= 4 is 28.3 Å². The molecular weight excluding hydrogens is 190 g/mol. The van der Waals surface area contributed by atoms with E-state index in [1.54, 1.807) is 18.2 Å². The van der Waals surface area contributed by atoms with Gasteiger partial charge in [0.15, 0.2) is 0 Å². The molecule has 0 aliphatic heterocycles.